The summed E-state index contributed by atoms with van der Waals surface area (Å²) in [6, 6.07) is 22.4. The summed E-state index contributed by atoms with van der Waals surface area (Å²) in [4.78, 5) is 15.9. The molecule has 0 saturated carbocycles. The Morgan fingerprint density at radius 3 is 2.50 bits per heavy atom. The van der Waals surface area contributed by atoms with Crippen LogP contribution < -0.4 is 0 Å². The predicted octanol–water partition coefficient (Wildman–Crippen LogP) is 4.25. The summed E-state index contributed by atoms with van der Waals surface area (Å²) in [6.45, 7) is 3.18. The van der Waals surface area contributed by atoms with E-state index in [0.29, 0.717) is 32.0 Å². The zero-order chi connectivity index (χ0) is 22.9. The van der Waals surface area contributed by atoms with E-state index in [1.54, 1.807) is 0 Å². The van der Waals surface area contributed by atoms with E-state index in [2.05, 4.69) is 12.1 Å². The second kappa shape index (κ2) is 8.91. The maximum Gasteiger partial charge on any atom is 0.275 e. The minimum absolute atomic E-state index is 0.00121. The quantitative estimate of drug-likeness (QED) is 0.453. The van der Waals surface area contributed by atoms with Gasteiger partial charge in [-0.2, -0.15) is 10.2 Å². The molecule has 1 fully saturated rings. The molecule has 0 N–H and O–H groups in total. The topological polar surface area (TPSA) is 65.2 Å². The smallest absolute Gasteiger partial charge is 0.275 e. The van der Waals surface area contributed by atoms with Crippen LogP contribution in [0.15, 0.2) is 72.9 Å². The van der Waals surface area contributed by atoms with Crippen LogP contribution >= 0.6 is 0 Å². The van der Waals surface area contributed by atoms with E-state index < -0.39 is 0 Å². The highest BCUT2D eigenvalue weighted by molar-refractivity contribution is 6.00. The molecule has 0 radical (unpaired) electrons. The van der Waals surface area contributed by atoms with Gasteiger partial charge in [-0.1, -0.05) is 60.7 Å². The molecule has 2 aromatic heterocycles. The van der Waals surface area contributed by atoms with E-state index in [1.165, 1.54) is 0 Å². The summed E-state index contributed by atoms with van der Waals surface area (Å²) < 4.78 is 9.63. The van der Waals surface area contributed by atoms with Crippen LogP contribution in [0.2, 0.25) is 0 Å². The average Bonchev–Trinajstić information content (AvgIpc) is 3.63. The van der Waals surface area contributed by atoms with Crippen LogP contribution in [0.25, 0.3) is 22.4 Å². The van der Waals surface area contributed by atoms with Crippen LogP contribution in [0.4, 0.5) is 0 Å². The number of aromatic nitrogens is 4. The monoisotopic (exact) mass is 453 g/mol. The third-order valence-electron chi connectivity index (χ3n) is 6.75. The lowest BCUT2D eigenvalue weighted by molar-refractivity contribution is 0.0709. The largest absolute Gasteiger partial charge is 0.373 e. The van der Waals surface area contributed by atoms with Crippen molar-refractivity contribution in [2.24, 2.45) is 0 Å². The number of carbonyl (C=O) groups excluding carboxylic acids is 1. The van der Waals surface area contributed by atoms with Gasteiger partial charge in [-0.15, -0.1) is 0 Å². The van der Waals surface area contributed by atoms with Crippen molar-refractivity contribution in [2.45, 2.75) is 38.6 Å². The van der Waals surface area contributed by atoms with Crippen LogP contribution in [0.1, 0.15) is 29.0 Å². The molecule has 1 saturated heterocycles. The van der Waals surface area contributed by atoms with Crippen molar-refractivity contribution in [1.82, 2.24) is 24.5 Å². The highest BCUT2D eigenvalue weighted by Crippen LogP contribution is 2.32. The number of hydrogen-bond donors (Lipinski definition) is 0. The average molecular weight is 454 g/mol. The van der Waals surface area contributed by atoms with Crippen LogP contribution in [-0.4, -0.2) is 49.6 Å². The maximum atomic E-state index is 13.9. The van der Waals surface area contributed by atoms with Gasteiger partial charge in [-0.25, -0.2) is 0 Å². The van der Waals surface area contributed by atoms with Gasteiger partial charge in [-0.3, -0.25) is 14.2 Å². The molecule has 7 nitrogen and oxygen atoms in total. The molecular formula is C27H27N5O2. The summed E-state index contributed by atoms with van der Waals surface area (Å²) in [5, 5.41) is 9.55. The van der Waals surface area contributed by atoms with Crippen molar-refractivity contribution in [2.75, 3.05) is 13.2 Å². The molecule has 4 aromatic rings. The molecular weight excluding hydrogens is 426 g/mol. The Bertz CT molecular complexity index is 1300. The van der Waals surface area contributed by atoms with Gasteiger partial charge in [0.2, 0.25) is 0 Å². The lowest BCUT2D eigenvalue weighted by Crippen LogP contribution is -2.38. The number of nitrogens with zero attached hydrogens (tertiary/aromatic N) is 5. The molecule has 7 heteroatoms. The third-order valence-corrected chi connectivity index (χ3v) is 6.75. The Morgan fingerprint density at radius 1 is 0.941 bits per heavy atom. The molecule has 1 amide bonds. The first-order valence-electron chi connectivity index (χ1n) is 11.9. The van der Waals surface area contributed by atoms with Crippen molar-refractivity contribution in [1.29, 1.82) is 0 Å². The van der Waals surface area contributed by atoms with Crippen molar-refractivity contribution < 1.29 is 9.53 Å². The Labute approximate surface area is 198 Å². The first-order valence-corrected chi connectivity index (χ1v) is 11.9. The summed E-state index contributed by atoms with van der Waals surface area (Å²) in [6.07, 6.45) is 3.95. The Balaban J connectivity index is 1.28. The fourth-order valence-corrected chi connectivity index (χ4v) is 5.08. The highest BCUT2D eigenvalue weighted by atomic mass is 16.5. The molecule has 0 unspecified atom stereocenters. The molecule has 2 aromatic carbocycles. The van der Waals surface area contributed by atoms with Crippen LogP contribution in [0.5, 0.6) is 0 Å². The van der Waals surface area contributed by atoms with Gasteiger partial charge in [-0.05, 0) is 24.5 Å². The van der Waals surface area contributed by atoms with E-state index in [9.17, 15) is 4.79 Å². The summed E-state index contributed by atoms with van der Waals surface area (Å²) in [7, 11) is 0. The van der Waals surface area contributed by atoms with Gasteiger partial charge in [0.05, 0.1) is 43.7 Å². The fourth-order valence-electron chi connectivity index (χ4n) is 5.08. The second-order valence-corrected chi connectivity index (χ2v) is 8.90. The molecule has 1 atom stereocenters. The molecule has 4 heterocycles. The van der Waals surface area contributed by atoms with Gasteiger partial charge in [0.25, 0.3) is 5.91 Å². The van der Waals surface area contributed by atoms with E-state index in [1.807, 2.05) is 75.1 Å². The van der Waals surface area contributed by atoms with E-state index in [-0.39, 0.29) is 11.9 Å². The Morgan fingerprint density at radius 2 is 1.71 bits per heavy atom. The molecule has 0 aliphatic carbocycles. The fraction of sp³-hybridized carbons (Fsp3) is 0.296. The Hall–Kier alpha value is -3.71. The van der Waals surface area contributed by atoms with Crippen molar-refractivity contribution >= 4 is 5.91 Å². The predicted molar refractivity (Wildman–Crippen MR) is 129 cm³/mol. The summed E-state index contributed by atoms with van der Waals surface area (Å²) in [5.74, 6) is -0.00121. The second-order valence-electron chi connectivity index (χ2n) is 8.90. The zero-order valence-electron chi connectivity index (χ0n) is 19.0. The molecule has 6 rings (SSSR count). The summed E-state index contributed by atoms with van der Waals surface area (Å²) in [5.41, 5.74) is 5.47. The van der Waals surface area contributed by atoms with Crippen molar-refractivity contribution in [3.63, 3.8) is 0 Å². The van der Waals surface area contributed by atoms with E-state index in [4.69, 9.17) is 14.9 Å². The van der Waals surface area contributed by atoms with Crippen LogP contribution in [-0.2, 0) is 24.4 Å². The van der Waals surface area contributed by atoms with Gasteiger partial charge >= 0.3 is 0 Å². The molecule has 0 bridgehead atoms. The number of carbonyl (C=O) groups is 1. The van der Waals surface area contributed by atoms with Gasteiger partial charge in [0, 0.05) is 23.9 Å². The minimum atomic E-state index is -0.00121. The number of benzene rings is 2. The summed E-state index contributed by atoms with van der Waals surface area (Å²) >= 11 is 0. The first kappa shape index (κ1) is 20.9. The highest BCUT2D eigenvalue weighted by Gasteiger charge is 2.34. The number of hydrogen-bond acceptors (Lipinski definition) is 4. The zero-order valence-corrected chi connectivity index (χ0v) is 19.0. The van der Waals surface area contributed by atoms with E-state index in [0.717, 1.165) is 47.5 Å². The number of fused-ring (bicyclic) bond motifs is 1. The lowest BCUT2D eigenvalue weighted by Gasteiger charge is -2.24. The number of amides is 1. The number of rotatable bonds is 5. The third kappa shape index (κ3) is 3.82. The van der Waals surface area contributed by atoms with Crippen LogP contribution in [0, 0.1) is 0 Å². The van der Waals surface area contributed by atoms with Gasteiger partial charge in [0.15, 0.2) is 5.69 Å². The molecule has 2 aliphatic heterocycles. The molecule has 172 valence electrons. The number of ether oxygens (including phenoxy) is 1. The first-order chi connectivity index (χ1) is 16.8. The number of likely N-dealkylation sites (tertiary alicyclic amines) is 1. The lowest BCUT2D eigenvalue weighted by atomic mass is 10.0. The standard InChI is InChI=1S/C27H27N5O2/c33-27(26-25(21-10-5-2-6-11-21)24-19-34-17-16-32(24)29-26)31-14-7-12-22(31)18-30-15-13-23(28-30)20-8-3-1-4-9-20/h1-6,8-11,13,15,22H,7,12,14,16-19H2/t22-/m0/s1. The molecule has 2 aliphatic rings. The van der Waals surface area contributed by atoms with Crippen molar-refractivity contribution in [3.8, 4) is 22.4 Å². The normalized spacial score (nSPS) is 17.6. The Kier molecular flexibility index (Phi) is 5.47. The van der Waals surface area contributed by atoms with Crippen LogP contribution in [0.3, 0.4) is 0 Å². The maximum absolute atomic E-state index is 13.9. The van der Waals surface area contributed by atoms with Crippen molar-refractivity contribution in [3.05, 3.63) is 84.3 Å². The minimum Gasteiger partial charge on any atom is -0.373 e. The van der Waals surface area contributed by atoms with E-state index >= 15 is 0 Å². The van der Waals surface area contributed by atoms with Gasteiger partial charge < -0.3 is 9.64 Å². The SMILES string of the molecule is O=C(c1nn2c(c1-c1ccccc1)COCC2)N1CCC[C@H]1Cn1ccc(-c2ccccc2)n1. The van der Waals surface area contributed by atoms with Gasteiger partial charge in [0.1, 0.15) is 0 Å². The molecule has 0 spiro atoms. The molecule has 34 heavy (non-hydrogen) atoms.